The zero-order chi connectivity index (χ0) is 12.3. The normalized spacial score (nSPS) is 10.7. The molecule has 0 aliphatic rings. The fourth-order valence-corrected chi connectivity index (χ4v) is 1.97. The summed E-state index contributed by atoms with van der Waals surface area (Å²) in [5.74, 6) is 0.937. The molecule has 1 heterocycles. The van der Waals surface area contributed by atoms with Gasteiger partial charge in [0.1, 0.15) is 5.82 Å². The highest BCUT2D eigenvalue weighted by Crippen LogP contribution is 2.25. The molecule has 1 aromatic carbocycles. The Morgan fingerprint density at radius 2 is 2.24 bits per heavy atom. The van der Waals surface area contributed by atoms with Crippen LogP contribution in [0.25, 0.3) is 0 Å². The minimum Gasteiger partial charge on any atom is -0.399 e. The van der Waals surface area contributed by atoms with Gasteiger partial charge in [0.15, 0.2) is 5.82 Å². The molecule has 0 bridgehead atoms. The van der Waals surface area contributed by atoms with Gasteiger partial charge in [-0.05, 0) is 18.2 Å². The van der Waals surface area contributed by atoms with E-state index in [4.69, 9.17) is 16.0 Å². The Labute approximate surface area is 101 Å². The Bertz CT molecular complexity index is 517. The molecule has 90 valence electrons. The van der Waals surface area contributed by atoms with Crippen molar-refractivity contribution >= 4 is 17.4 Å². The van der Waals surface area contributed by atoms with Gasteiger partial charge in [0.05, 0.1) is 12.3 Å². The topological polar surface area (TPSA) is 91.0 Å². The van der Waals surface area contributed by atoms with Gasteiger partial charge in [-0.1, -0.05) is 5.16 Å². The van der Waals surface area contributed by atoms with Crippen LogP contribution in [-0.4, -0.2) is 10.1 Å². The van der Waals surface area contributed by atoms with E-state index in [0.29, 0.717) is 28.1 Å². The van der Waals surface area contributed by atoms with Crippen molar-refractivity contribution in [1.29, 1.82) is 0 Å². The maximum atomic E-state index is 13.4. The average Bonchev–Trinajstić information content (AvgIpc) is 2.76. The van der Waals surface area contributed by atoms with E-state index < -0.39 is 0 Å². The Morgan fingerprint density at radius 1 is 1.41 bits per heavy atom. The fraction of sp³-hybridized carbons (Fsp3) is 0.200. The minimum absolute atomic E-state index is 0.202. The van der Waals surface area contributed by atoms with Crippen molar-refractivity contribution in [2.24, 2.45) is 5.73 Å². The fourth-order valence-electron chi connectivity index (χ4n) is 1.21. The lowest BCUT2D eigenvalue weighted by atomic mass is 10.3. The summed E-state index contributed by atoms with van der Waals surface area (Å²) < 4.78 is 18.3. The number of benzene rings is 1. The third kappa shape index (κ3) is 2.95. The molecule has 2 rings (SSSR count). The van der Waals surface area contributed by atoms with E-state index in [9.17, 15) is 4.39 Å². The number of nitrogen functional groups attached to an aromatic ring is 1. The van der Waals surface area contributed by atoms with Crippen LogP contribution in [0.15, 0.2) is 27.6 Å². The number of aromatic nitrogens is 2. The van der Waals surface area contributed by atoms with E-state index in [1.807, 2.05) is 0 Å². The molecule has 1 aromatic heterocycles. The van der Waals surface area contributed by atoms with E-state index in [0.717, 1.165) is 0 Å². The van der Waals surface area contributed by atoms with Crippen molar-refractivity contribution in [3.05, 3.63) is 35.7 Å². The quantitative estimate of drug-likeness (QED) is 0.635. The number of hydrogen-bond donors (Lipinski definition) is 2. The predicted octanol–water partition coefficient (Wildman–Crippen LogP) is 1.54. The summed E-state index contributed by atoms with van der Waals surface area (Å²) in [6.07, 6.45) is 0. The summed E-state index contributed by atoms with van der Waals surface area (Å²) in [5, 5.41) is 3.72. The molecule has 0 saturated heterocycles. The molecule has 0 unspecified atom stereocenters. The summed E-state index contributed by atoms with van der Waals surface area (Å²) in [6.45, 7) is 0.202. The lowest BCUT2D eigenvalue weighted by Gasteiger charge is -2.01. The second kappa shape index (κ2) is 5.15. The average molecular weight is 254 g/mol. The molecule has 0 spiro atoms. The number of hydrogen-bond acceptors (Lipinski definition) is 6. The summed E-state index contributed by atoms with van der Waals surface area (Å²) in [7, 11) is 0. The maximum Gasteiger partial charge on any atom is 0.240 e. The van der Waals surface area contributed by atoms with E-state index in [1.165, 1.54) is 17.8 Å². The molecule has 0 radical (unpaired) electrons. The molecule has 2 aromatic rings. The second-order valence-electron chi connectivity index (χ2n) is 3.29. The number of rotatable bonds is 4. The predicted molar refractivity (Wildman–Crippen MR) is 62.6 cm³/mol. The van der Waals surface area contributed by atoms with Crippen molar-refractivity contribution in [1.82, 2.24) is 10.1 Å². The van der Waals surface area contributed by atoms with E-state index >= 15 is 0 Å². The van der Waals surface area contributed by atoms with Crippen molar-refractivity contribution in [2.75, 3.05) is 5.73 Å². The number of halogens is 1. The van der Waals surface area contributed by atoms with Gasteiger partial charge in [0.25, 0.3) is 0 Å². The van der Waals surface area contributed by atoms with Gasteiger partial charge in [-0.15, -0.1) is 11.8 Å². The monoisotopic (exact) mass is 254 g/mol. The largest absolute Gasteiger partial charge is 0.399 e. The van der Waals surface area contributed by atoms with Gasteiger partial charge in [-0.25, -0.2) is 4.39 Å². The van der Waals surface area contributed by atoms with Crippen LogP contribution in [0.3, 0.4) is 0 Å². The van der Waals surface area contributed by atoms with E-state index in [1.54, 1.807) is 12.1 Å². The van der Waals surface area contributed by atoms with Crippen LogP contribution in [0.2, 0.25) is 0 Å². The number of anilines is 1. The highest BCUT2D eigenvalue weighted by atomic mass is 32.2. The highest BCUT2D eigenvalue weighted by Gasteiger charge is 2.08. The van der Waals surface area contributed by atoms with Crippen LogP contribution in [0.5, 0.6) is 0 Å². The van der Waals surface area contributed by atoms with Gasteiger partial charge in [0.2, 0.25) is 5.89 Å². The molecule has 0 fully saturated rings. The van der Waals surface area contributed by atoms with E-state index in [-0.39, 0.29) is 12.4 Å². The van der Waals surface area contributed by atoms with Gasteiger partial charge < -0.3 is 16.0 Å². The number of nitrogens with zero attached hydrogens (tertiary/aromatic N) is 2. The zero-order valence-electron chi connectivity index (χ0n) is 8.89. The van der Waals surface area contributed by atoms with Crippen molar-refractivity contribution < 1.29 is 8.91 Å². The first kappa shape index (κ1) is 11.9. The summed E-state index contributed by atoms with van der Waals surface area (Å²) in [5.41, 5.74) is 11.2. The highest BCUT2D eigenvalue weighted by molar-refractivity contribution is 7.98. The Balaban J connectivity index is 2.02. The van der Waals surface area contributed by atoms with Crippen LogP contribution >= 0.6 is 11.8 Å². The molecule has 17 heavy (non-hydrogen) atoms. The Morgan fingerprint density at radius 3 is 2.88 bits per heavy atom. The summed E-state index contributed by atoms with van der Waals surface area (Å²) in [6, 6.07) is 4.55. The SMILES string of the molecule is NCc1nc(CSc2ccc(N)cc2F)no1. The van der Waals surface area contributed by atoms with Gasteiger partial charge in [-0.3, -0.25) is 0 Å². The third-order valence-electron chi connectivity index (χ3n) is 2.00. The molecule has 7 heteroatoms. The van der Waals surface area contributed by atoms with E-state index in [2.05, 4.69) is 10.1 Å². The van der Waals surface area contributed by atoms with Crippen LogP contribution in [0, 0.1) is 5.82 Å². The molecular formula is C10H11FN4OS. The zero-order valence-corrected chi connectivity index (χ0v) is 9.71. The van der Waals surface area contributed by atoms with Crippen molar-refractivity contribution in [3.8, 4) is 0 Å². The smallest absolute Gasteiger partial charge is 0.240 e. The molecule has 0 amide bonds. The second-order valence-corrected chi connectivity index (χ2v) is 4.30. The van der Waals surface area contributed by atoms with Gasteiger partial charge in [-0.2, -0.15) is 4.98 Å². The maximum absolute atomic E-state index is 13.4. The first-order chi connectivity index (χ1) is 8.19. The first-order valence-electron chi connectivity index (χ1n) is 4.88. The molecule has 0 aliphatic carbocycles. The molecule has 0 atom stereocenters. The van der Waals surface area contributed by atoms with Gasteiger partial charge in [0, 0.05) is 10.6 Å². The van der Waals surface area contributed by atoms with Crippen LogP contribution < -0.4 is 11.5 Å². The summed E-state index contributed by atoms with van der Waals surface area (Å²) >= 11 is 1.28. The molecule has 5 nitrogen and oxygen atoms in total. The number of thioether (sulfide) groups is 1. The van der Waals surface area contributed by atoms with Crippen LogP contribution in [0.4, 0.5) is 10.1 Å². The Kier molecular flexibility index (Phi) is 3.60. The molecule has 0 saturated carbocycles. The number of nitrogens with two attached hydrogens (primary N) is 2. The van der Waals surface area contributed by atoms with Crippen molar-refractivity contribution in [3.63, 3.8) is 0 Å². The van der Waals surface area contributed by atoms with Gasteiger partial charge >= 0.3 is 0 Å². The molecule has 4 N–H and O–H groups in total. The first-order valence-corrected chi connectivity index (χ1v) is 5.87. The lowest BCUT2D eigenvalue weighted by molar-refractivity contribution is 0.376. The molecular weight excluding hydrogens is 243 g/mol. The Hall–Kier alpha value is -1.60. The van der Waals surface area contributed by atoms with Crippen LogP contribution in [0.1, 0.15) is 11.7 Å². The van der Waals surface area contributed by atoms with Crippen molar-refractivity contribution in [2.45, 2.75) is 17.2 Å². The standard InChI is InChI=1S/C10H11FN4OS/c11-7-3-6(13)1-2-8(7)17-5-9-14-10(4-12)16-15-9/h1-3H,4-5,12-13H2. The molecule has 0 aliphatic heterocycles. The minimum atomic E-state index is -0.349. The third-order valence-corrected chi connectivity index (χ3v) is 3.04. The van der Waals surface area contributed by atoms with Crippen LogP contribution in [-0.2, 0) is 12.3 Å². The summed E-state index contributed by atoms with van der Waals surface area (Å²) in [4.78, 5) is 4.52. The lowest BCUT2D eigenvalue weighted by Crippen LogP contribution is -1.96.